The van der Waals surface area contributed by atoms with E-state index < -0.39 is 6.04 Å². The van der Waals surface area contributed by atoms with E-state index in [0.29, 0.717) is 35.9 Å². The molecule has 1 aromatic carbocycles. The van der Waals surface area contributed by atoms with Gasteiger partial charge in [-0.25, -0.2) is 0 Å². The largest absolute Gasteiger partial charge is 0.355 e. The topological polar surface area (TPSA) is 88.3 Å². The zero-order valence-electron chi connectivity index (χ0n) is 15.5. The zero-order chi connectivity index (χ0) is 20.2. The third-order valence-electron chi connectivity index (χ3n) is 4.87. The van der Waals surface area contributed by atoms with Crippen molar-refractivity contribution < 1.29 is 14.1 Å². The summed E-state index contributed by atoms with van der Waals surface area (Å²) in [5.74, 6) is -0.101. The molecule has 1 atom stereocenters. The van der Waals surface area contributed by atoms with E-state index in [9.17, 15) is 9.59 Å². The van der Waals surface area contributed by atoms with Crippen LogP contribution in [0.2, 0.25) is 5.02 Å². The van der Waals surface area contributed by atoms with Crippen LogP contribution in [0.15, 0.2) is 59.4 Å². The fourth-order valence-corrected chi connectivity index (χ4v) is 3.63. The summed E-state index contributed by atoms with van der Waals surface area (Å²) in [6.07, 6.45) is 4.74. The van der Waals surface area contributed by atoms with Crippen LogP contribution < -0.4 is 5.32 Å². The van der Waals surface area contributed by atoms with Crippen molar-refractivity contribution >= 4 is 23.4 Å². The number of benzene rings is 1. The van der Waals surface area contributed by atoms with Crippen LogP contribution in [0.5, 0.6) is 0 Å². The first-order valence-electron chi connectivity index (χ1n) is 9.32. The molecule has 0 saturated carbocycles. The lowest BCUT2D eigenvalue weighted by atomic mass is 10.1. The molecular formula is C21H19ClN4O3. The van der Waals surface area contributed by atoms with Gasteiger partial charge in [0.15, 0.2) is 11.5 Å². The number of hydrogen-bond acceptors (Lipinski definition) is 5. The molecule has 2 aromatic heterocycles. The van der Waals surface area contributed by atoms with Crippen LogP contribution in [0.25, 0.3) is 11.3 Å². The van der Waals surface area contributed by atoms with Crippen LogP contribution in [0, 0.1) is 0 Å². The molecule has 3 aromatic rings. The second kappa shape index (κ2) is 8.45. The summed E-state index contributed by atoms with van der Waals surface area (Å²) in [7, 11) is 0. The Hall–Kier alpha value is -3.19. The molecule has 4 rings (SSSR count). The average Bonchev–Trinajstić information content (AvgIpc) is 3.43. The van der Waals surface area contributed by atoms with Crippen molar-refractivity contribution in [2.24, 2.45) is 0 Å². The minimum atomic E-state index is -0.528. The molecule has 2 amide bonds. The SMILES string of the molecule is O=C(NCc1cccnc1)C1CCCN1C(=O)c1cc(-c2ccccc2Cl)on1. The third kappa shape index (κ3) is 4.14. The van der Waals surface area contributed by atoms with Crippen molar-refractivity contribution in [1.29, 1.82) is 0 Å². The molecule has 0 bridgehead atoms. The van der Waals surface area contributed by atoms with Gasteiger partial charge in [-0.3, -0.25) is 14.6 Å². The van der Waals surface area contributed by atoms with Gasteiger partial charge in [0.05, 0.1) is 5.02 Å². The molecule has 1 saturated heterocycles. The van der Waals surface area contributed by atoms with Gasteiger partial charge >= 0.3 is 0 Å². The van der Waals surface area contributed by atoms with Crippen molar-refractivity contribution in [3.05, 3.63) is 71.1 Å². The third-order valence-corrected chi connectivity index (χ3v) is 5.20. The van der Waals surface area contributed by atoms with Gasteiger partial charge in [-0.05, 0) is 36.6 Å². The van der Waals surface area contributed by atoms with Gasteiger partial charge in [0, 0.05) is 37.1 Å². The number of likely N-dealkylation sites (tertiary alicyclic amines) is 1. The van der Waals surface area contributed by atoms with E-state index in [0.717, 1.165) is 12.0 Å². The first kappa shape index (κ1) is 19.1. The molecule has 3 heterocycles. The summed E-state index contributed by atoms with van der Waals surface area (Å²) in [4.78, 5) is 31.2. The summed E-state index contributed by atoms with van der Waals surface area (Å²) >= 11 is 6.18. The molecule has 1 aliphatic heterocycles. The summed E-state index contributed by atoms with van der Waals surface area (Å²) in [6, 6.07) is 11.9. The standard InChI is InChI=1S/C21H19ClN4O3/c22-16-7-2-1-6-15(16)19-11-17(25-29-19)21(28)26-10-4-8-18(26)20(27)24-13-14-5-3-9-23-12-14/h1-3,5-7,9,11-12,18H,4,8,10,13H2,(H,24,27). The first-order chi connectivity index (χ1) is 14.1. The lowest BCUT2D eigenvalue weighted by molar-refractivity contribution is -0.125. The number of amides is 2. The number of carbonyl (C=O) groups excluding carboxylic acids is 2. The molecule has 148 valence electrons. The number of nitrogens with zero attached hydrogens (tertiary/aromatic N) is 3. The van der Waals surface area contributed by atoms with E-state index in [1.54, 1.807) is 35.5 Å². The Labute approximate surface area is 172 Å². The molecule has 0 aliphatic carbocycles. The monoisotopic (exact) mass is 410 g/mol. The molecule has 0 spiro atoms. The fraction of sp³-hybridized carbons (Fsp3) is 0.238. The summed E-state index contributed by atoms with van der Waals surface area (Å²) in [6.45, 7) is 0.865. The highest BCUT2D eigenvalue weighted by molar-refractivity contribution is 6.33. The highest BCUT2D eigenvalue weighted by Crippen LogP contribution is 2.29. The van der Waals surface area contributed by atoms with Crippen molar-refractivity contribution in [2.75, 3.05) is 6.54 Å². The van der Waals surface area contributed by atoms with Crippen LogP contribution in [0.4, 0.5) is 0 Å². The molecule has 1 unspecified atom stereocenters. The van der Waals surface area contributed by atoms with E-state index >= 15 is 0 Å². The Morgan fingerprint density at radius 1 is 1.24 bits per heavy atom. The average molecular weight is 411 g/mol. The molecule has 29 heavy (non-hydrogen) atoms. The van der Waals surface area contributed by atoms with E-state index in [-0.39, 0.29) is 17.5 Å². The van der Waals surface area contributed by atoms with Gasteiger partial charge in [-0.2, -0.15) is 0 Å². The van der Waals surface area contributed by atoms with Crippen LogP contribution >= 0.6 is 11.6 Å². The predicted molar refractivity (Wildman–Crippen MR) is 107 cm³/mol. The van der Waals surface area contributed by atoms with Crippen LogP contribution in [0.1, 0.15) is 28.9 Å². The number of halogens is 1. The van der Waals surface area contributed by atoms with Crippen molar-refractivity contribution in [1.82, 2.24) is 20.4 Å². The Kier molecular flexibility index (Phi) is 5.57. The second-order valence-electron chi connectivity index (χ2n) is 6.79. The molecular weight excluding hydrogens is 392 g/mol. The predicted octanol–water partition coefficient (Wildman–Crippen LogP) is 3.31. The maximum Gasteiger partial charge on any atom is 0.276 e. The number of hydrogen-bond donors (Lipinski definition) is 1. The van der Waals surface area contributed by atoms with Crippen LogP contribution in [-0.4, -0.2) is 39.4 Å². The van der Waals surface area contributed by atoms with Gasteiger partial charge in [0.25, 0.3) is 5.91 Å². The number of pyridine rings is 1. The van der Waals surface area contributed by atoms with Crippen molar-refractivity contribution in [3.8, 4) is 11.3 Å². The maximum atomic E-state index is 12.9. The molecule has 8 heteroatoms. The normalized spacial score (nSPS) is 16.0. The Bertz CT molecular complexity index is 1020. The summed E-state index contributed by atoms with van der Waals surface area (Å²) in [5, 5.41) is 7.29. The number of carbonyl (C=O) groups is 2. The van der Waals surface area contributed by atoms with Crippen molar-refractivity contribution in [3.63, 3.8) is 0 Å². The summed E-state index contributed by atoms with van der Waals surface area (Å²) < 4.78 is 5.32. The Morgan fingerprint density at radius 2 is 2.10 bits per heavy atom. The Morgan fingerprint density at radius 3 is 2.90 bits per heavy atom. The lowest BCUT2D eigenvalue weighted by Gasteiger charge is -2.22. The van der Waals surface area contributed by atoms with Gasteiger partial charge in [-0.15, -0.1) is 0 Å². The Balaban J connectivity index is 1.45. The molecule has 7 nitrogen and oxygen atoms in total. The van der Waals surface area contributed by atoms with Gasteiger partial charge < -0.3 is 14.7 Å². The van der Waals surface area contributed by atoms with E-state index in [2.05, 4.69) is 15.5 Å². The minimum Gasteiger partial charge on any atom is -0.355 e. The number of rotatable bonds is 5. The highest BCUT2D eigenvalue weighted by Gasteiger charge is 2.35. The van der Waals surface area contributed by atoms with E-state index in [1.165, 1.54) is 0 Å². The van der Waals surface area contributed by atoms with E-state index in [1.807, 2.05) is 24.3 Å². The highest BCUT2D eigenvalue weighted by atomic mass is 35.5. The van der Waals surface area contributed by atoms with Gasteiger partial charge in [0.1, 0.15) is 6.04 Å². The smallest absolute Gasteiger partial charge is 0.276 e. The quantitative estimate of drug-likeness (QED) is 0.697. The van der Waals surface area contributed by atoms with Crippen LogP contribution in [-0.2, 0) is 11.3 Å². The zero-order valence-corrected chi connectivity index (χ0v) is 16.3. The first-order valence-corrected chi connectivity index (χ1v) is 9.70. The lowest BCUT2D eigenvalue weighted by Crippen LogP contribution is -2.45. The molecule has 1 N–H and O–H groups in total. The fourth-order valence-electron chi connectivity index (χ4n) is 3.40. The number of aromatic nitrogens is 2. The number of nitrogens with one attached hydrogen (secondary N) is 1. The molecule has 1 fully saturated rings. The maximum absolute atomic E-state index is 12.9. The second-order valence-corrected chi connectivity index (χ2v) is 7.20. The van der Waals surface area contributed by atoms with Crippen LogP contribution in [0.3, 0.4) is 0 Å². The molecule has 1 aliphatic rings. The van der Waals surface area contributed by atoms with Crippen molar-refractivity contribution in [2.45, 2.75) is 25.4 Å². The minimum absolute atomic E-state index is 0.159. The van der Waals surface area contributed by atoms with Gasteiger partial charge in [0.2, 0.25) is 5.91 Å². The van der Waals surface area contributed by atoms with Gasteiger partial charge in [-0.1, -0.05) is 35.0 Å². The van der Waals surface area contributed by atoms with E-state index in [4.69, 9.17) is 16.1 Å². The molecule has 0 radical (unpaired) electrons. The summed E-state index contributed by atoms with van der Waals surface area (Å²) in [5.41, 5.74) is 1.72.